The fraction of sp³-hybridized carbons (Fsp3) is 0.0172. The molecule has 0 spiro atoms. The molecule has 14 rings (SSSR count). The number of anilines is 12. The molecule has 1 radical (unpaired) electrons. The Morgan fingerprint density at radius 1 is 0.422 bits per heavy atom. The number of H-pyrrole nitrogens is 4. The Bertz CT molecular complexity index is 4410. The molecule has 0 aliphatic carbocycles. The van der Waals surface area contributed by atoms with E-state index in [2.05, 4.69) is 113 Å². The summed E-state index contributed by atoms with van der Waals surface area (Å²) in [4.78, 5) is 35.1. The molecule has 0 saturated carbocycles. The van der Waals surface area contributed by atoms with Gasteiger partial charge in [0.25, 0.3) is 0 Å². The molecule has 25 heteroatoms. The molecule has 0 aliphatic rings. The molecule has 0 bridgehead atoms. The smallest absolute Gasteiger partial charge is 0.229 e. The first kappa shape index (κ1) is 55.4. The second-order valence-electron chi connectivity index (χ2n) is 17.6. The van der Waals surface area contributed by atoms with Gasteiger partial charge in [-0.2, -0.15) is 35.6 Å². The van der Waals surface area contributed by atoms with Crippen molar-refractivity contribution < 1.29 is 44.1 Å². The SMILES string of the molecule is Cc1cc(Nc2ncnc3ccccc23)n[nH]1.N#Cc1cc(Nc2nc(Nc3ccn[nH]3)c3ccccc3n2)ccc1[NH-].[Ac].c1ccc(Nc2nc(Nc3ccn[nH]3)c3ccccc3n2)cc1.c1ccc2c(Nc3ccn[nH]3)ncnc2c1. The van der Waals surface area contributed by atoms with Gasteiger partial charge in [0, 0.05) is 113 Å². The van der Waals surface area contributed by atoms with Gasteiger partial charge in [-0.25, -0.2) is 29.9 Å². The van der Waals surface area contributed by atoms with Crippen molar-refractivity contribution in [3.05, 3.63) is 218 Å². The van der Waals surface area contributed by atoms with E-state index >= 15 is 0 Å². The van der Waals surface area contributed by atoms with Gasteiger partial charge in [0.2, 0.25) is 11.9 Å². The molecule has 24 nitrogen and oxygen atoms in total. The van der Waals surface area contributed by atoms with Crippen molar-refractivity contribution >= 4 is 119 Å². The summed E-state index contributed by atoms with van der Waals surface area (Å²) in [6, 6.07) is 55.4. The summed E-state index contributed by atoms with van der Waals surface area (Å²) in [6.07, 6.45) is 8.11. The zero-order chi connectivity index (χ0) is 55.9. The molecule has 0 atom stereocenters. The minimum Gasteiger partial charge on any atom is -0.698 e. The number of rotatable bonds is 12. The Morgan fingerprint density at radius 3 is 1.34 bits per heavy atom. The van der Waals surface area contributed by atoms with Gasteiger partial charge in [-0.3, -0.25) is 20.4 Å². The first-order chi connectivity index (χ1) is 40.4. The maximum atomic E-state index is 9.09. The monoisotopic (exact) mass is 1310 g/mol. The summed E-state index contributed by atoms with van der Waals surface area (Å²) in [5.41, 5.74) is 14.2. The largest absolute Gasteiger partial charge is 0.698 e. The van der Waals surface area contributed by atoms with Crippen LogP contribution in [0.4, 0.5) is 75.5 Å². The predicted molar refractivity (Wildman–Crippen MR) is 319 cm³/mol. The van der Waals surface area contributed by atoms with E-state index in [0.717, 1.165) is 89.9 Å². The third-order valence-electron chi connectivity index (χ3n) is 11.9. The van der Waals surface area contributed by atoms with Crippen LogP contribution in [0.3, 0.4) is 0 Å². The van der Waals surface area contributed by atoms with E-state index in [9.17, 15) is 0 Å². The topological polar surface area (TPSA) is 338 Å². The van der Waals surface area contributed by atoms with E-state index in [1.165, 1.54) is 0 Å². The van der Waals surface area contributed by atoms with Crippen LogP contribution >= 0.6 is 0 Å². The van der Waals surface area contributed by atoms with Gasteiger partial charge in [-0.05, 0) is 79.7 Å². The van der Waals surface area contributed by atoms with Crippen molar-refractivity contribution in [2.45, 2.75) is 6.92 Å². The number of hydrogen-bond acceptors (Lipinski definition) is 19. The Kier molecular flexibility index (Phi) is 17.9. The van der Waals surface area contributed by atoms with Crippen LogP contribution in [-0.2, 0) is 0 Å². The molecule has 83 heavy (non-hydrogen) atoms. The van der Waals surface area contributed by atoms with E-state index in [0.29, 0.717) is 29.2 Å². The van der Waals surface area contributed by atoms with Crippen LogP contribution < -0.4 is 31.9 Å². The second-order valence-corrected chi connectivity index (χ2v) is 17.6. The normalized spacial score (nSPS) is 10.4. The van der Waals surface area contributed by atoms with Gasteiger partial charge >= 0.3 is 0 Å². The van der Waals surface area contributed by atoms with Crippen molar-refractivity contribution in [3.8, 4) is 6.07 Å². The van der Waals surface area contributed by atoms with E-state index in [-0.39, 0.29) is 55.3 Å². The third-order valence-corrected chi connectivity index (χ3v) is 11.9. The summed E-state index contributed by atoms with van der Waals surface area (Å²) in [5.74, 6) is 6.86. The summed E-state index contributed by atoms with van der Waals surface area (Å²) < 4.78 is 0. The quantitative estimate of drug-likeness (QED) is 0.0543. The number of aryl methyl sites for hydroxylation is 1. The van der Waals surface area contributed by atoms with Crippen molar-refractivity contribution in [1.29, 1.82) is 5.26 Å². The molecular weight excluding hydrogens is 1260 g/mol. The Balaban J connectivity index is 0.000000125. The summed E-state index contributed by atoms with van der Waals surface area (Å²) in [5, 5.41) is 59.2. The van der Waals surface area contributed by atoms with Gasteiger partial charge < -0.3 is 37.6 Å². The number of nitriles is 1. The van der Waals surface area contributed by atoms with Crippen LogP contribution in [-0.4, -0.2) is 80.7 Å². The van der Waals surface area contributed by atoms with Crippen LogP contribution in [0.1, 0.15) is 11.3 Å². The second kappa shape index (κ2) is 26.8. The molecular formula is C58H47AcN24-. The molecule has 11 N–H and O–H groups in total. The Morgan fingerprint density at radius 2 is 0.867 bits per heavy atom. The molecule has 0 aliphatic heterocycles. The fourth-order valence-corrected chi connectivity index (χ4v) is 8.12. The van der Waals surface area contributed by atoms with Crippen LogP contribution in [0.15, 0.2) is 201 Å². The predicted octanol–water partition coefficient (Wildman–Crippen LogP) is 12.7. The van der Waals surface area contributed by atoms with Crippen molar-refractivity contribution in [3.63, 3.8) is 0 Å². The molecule has 0 saturated heterocycles. The van der Waals surface area contributed by atoms with Crippen molar-refractivity contribution in [2.75, 3.05) is 31.9 Å². The standard InChI is InChI=1S/C18H13N8.C17H14N6.C12H11N5.C11H9N5.Ac/c19-10-11-9-12(5-6-14(11)20)22-18-23-15-4-2-1-3-13(15)17(25-18)24-16-7-8-21-26-16;1-2-6-12(7-3-1)19-17-20-14-9-5-4-8-13(14)16(22-17)21-15-10-11-18-23-15;1-8-6-11(17-16-8)15-12-9-4-2-3-5-10(9)13-7-14-12;1-2-4-9-8(3-1)11(13-7-12-9)15-10-5-6-14-16-10;/h1-9,20H,(H3,21,22,23,24,25,26);1-11H,(H3,18,19,20,21,22,23);2-7H,1H3,(H2,13,14,15,16,17);1-7H,(H2,12,13,14,15,16);/q-1;;;;. The number of fused-ring (bicyclic) bond motifs is 4. The van der Waals surface area contributed by atoms with Gasteiger partial charge in [0.05, 0.1) is 46.7 Å². The summed E-state index contributed by atoms with van der Waals surface area (Å²) in [7, 11) is 0. The zero-order valence-corrected chi connectivity index (χ0v) is 48.7. The fourth-order valence-electron chi connectivity index (χ4n) is 8.12. The Labute approximate surface area is 508 Å². The van der Waals surface area contributed by atoms with E-state index in [4.69, 9.17) is 11.0 Å². The van der Waals surface area contributed by atoms with E-state index in [1.807, 2.05) is 159 Å². The number of hydrogen-bond donors (Lipinski definition) is 10. The van der Waals surface area contributed by atoms with Gasteiger partial charge in [0.15, 0.2) is 5.82 Å². The number of nitrogens with zero attached hydrogens (tertiary/aromatic N) is 13. The number of para-hydroxylation sites is 5. The average Bonchev–Trinajstić information content (AvgIpc) is 4.52. The van der Waals surface area contributed by atoms with Gasteiger partial charge in [-0.1, -0.05) is 72.8 Å². The van der Waals surface area contributed by atoms with Crippen LogP contribution in [0.2, 0.25) is 0 Å². The van der Waals surface area contributed by atoms with E-state index < -0.39 is 0 Å². The number of benzene rings is 6. The van der Waals surface area contributed by atoms with Crippen LogP contribution in [0, 0.1) is 62.3 Å². The molecule has 0 fully saturated rings. The third kappa shape index (κ3) is 14.3. The van der Waals surface area contributed by atoms with Gasteiger partial charge in [-0.15, -0.1) is 5.69 Å². The van der Waals surface area contributed by atoms with Crippen LogP contribution in [0.25, 0.3) is 49.3 Å². The van der Waals surface area contributed by atoms with Crippen LogP contribution in [0.5, 0.6) is 0 Å². The first-order valence-corrected chi connectivity index (χ1v) is 25.2. The molecule has 14 aromatic rings. The minimum absolute atomic E-state index is 0. The maximum Gasteiger partial charge on any atom is 0.229 e. The van der Waals surface area contributed by atoms with Crippen molar-refractivity contribution in [2.24, 2.45) is 0 Å². The molecule has 0 amide bonds. The van der Waals surface area contributed by atoms with Gasteiger partial charge in [0.1, 0.15) is 53.4 Å². The average molecular weight is 1310 g/mol. The number of nitrogens with one attached hydrogen (secondary N) is 11. The zero-order valence-electron chi connectivity index (χ0n) is 43.9. The minimum atomic E-state index is 0. The van der Waals surface area contributed by atoms with E-state index in [1.54, 1.807) is 55.5 Å². The first-order valence-electron chi connectivity index (χ1n) is 25.2. The molecule has 6 aromatic carbocycles. The number of aromatic nitrogens is 16. The van der Waals surface area contributed by atoms with Crippen molar-refractivity contribution in [1.82, 2.24) is 80.7 Å². The molecule has 403 valence electrons. The molecule has 0 unspecified atom stereocenters. The summed E-state index contributed by atoms with van der Waals surface area (Å²) in [6.45, 7) is 1.95. The summed E-state index contributed by atoms with van der Waals surface area (Å²) >= 11 is 0. The number of aromatic amines is 4. The molecule has 8 heterocycles. The maximum absolute atomic E-state index is 9.09. The Hall–Kier alpha value is -10.9. The molecule has 8 aromatic heterocycles.